The molecule has 9 heteroatoms. The van der Waals surface area contributed by atoms with Gasteiger partial charge in [-0.25, -0.2) is 27.3 Å². The van der Waals surface area contributed by atoms with Crippen molar-refractivity contribution in [1.29, 1.82) is 0 Å². The van der Waals surface area contributed by atoms with Crippen molar-refractivity contribution in [2.24, 2.45) is 5.14 Å². The summed E-state index contributed by atoms with van der Waals surface area (Å²) >= 11 is 5.55. The molecule has 0 saturated carbocycles. The number of halogens is 4. The molecule has 1 aromatic heterocycles. The van der Waals surface area contributed by atoms with Gasteiger partial charge in [0.2, 0.25) is 10.0 Å². The van der Waals surface area contributed by atoms with E-state index >= 15 is 0 Å². The Bertz CT molecular complexity index is 492. The molecule has 0 fully saturated rings. The van der Waals surface area contributed by atoms with E-state index in [0.717, 1.165) is 6.07 Å². The number of nitrogens with zero attached hydrogens (tertiary/aromatic N) is 1. The van der Waals surface area contributed by atoms with Crippen molar-refractivity contribution in [1.82, 2.24) is 4.98 Å². The molecule has 1 aromatic rings. The molecule has 0 aliphatic carbocycles. The van der Waals surface area contributed by atoms with E-state index in [0.29, 0.717) is 0 Å². The predicted molar refractivity (Wildman–Crippen MR) is 56.0 cm³/mol. The van der Waals surface area contributed by atoms with Crippen LogP contribution in [0.15, 0.2) is 20.0 Å². The van der Waals surface area contributed by atoms with Crippen LogP contribution in [0.1, 0.15) is 12.1 Å². The van der Waals surface area contributed by atoms with Crippen LogP contribution in [0.3, 0.4) is 0 Å². The molecule has 0 bridgehead atoms. The minimum Gasteiger partial charge on any atom is -0.237 e. The van der Waals surface area contributed by atoms with Gasteiger partial charge < -0.3 is 0 Å². The lowest BCUT2D eigenvalue weighted by molar-refractivity contribution is 0.145. The summed E-state index contributed by atoms with van der Waals surface area (Å²) in [7, 11) is -3.98. The van der Waals surface area contributed by atoms with Crippen molar-refractivity contribution in [3.8, 4) is 0 Å². The molecule has 0 amide bonds. The average molecular weight is 366 g/mol. The zero-order valence-corrected chi connectivity index (χ0v) is 10.9. The van der Waals surface area contributed by atoms with Crippen LogP contribution in [-0.4, -0.2) is 13.4 Å². The van der Waals surface area contributed by atoms with Gasteiger partial charge in [0.15, 0.2) is 0 Å². The molecule has 4 nitrogen and oxygen atoms in total. The Hall–Kier alpha value is -0.120. The maximum Gasteiger partial charge on any atom is 0.281 e. The third kappa shape index (κ3) is 2.92. The van der Waals surface area contributed by atoms with Gasteiger partial charge in [-0.2, -0.15) is 0 Å². The lowest BCUT2D eigenvalue weighted by Gasteiger charge is -2.06. The predicted octanol–water partition coefficient (Wildman–Crippen LogP) is 2.19. The van der Waals surface area contributed by atoms with Crippen LogP contribution in [-0.2, 0) is 10.0 Å². The summed E-state index contributed by atoms with van der Waals surface area (Å²) in [6, 6.07) is 0.980. The maximum absolute atomic E-state index is 12.3. The highest BCUT2D eigenvalue weighted by Crippen LogP contribution is 2.30. The highest BCUT2D eigenvalue weighted by molar-refractivity contribution is 9.11. The van der Waals surface area contributed by atoms with Gasteiger partial charge in [-0.1, -0.05) is 0 Å². The third-order valence-corrected chi connectivity index (χ3v) is 3.86. The Balaban J connectivity index is 3.46. The van der Waals surface area contributed by atoms with Gasteiger partial charge in [-0.3, -0.25) is 0 Å². The van der Waals surface area contributed by atoms with Crippen molar-refractivity contribution in [2.75, 3.05) is 0 Å². The number of hydrogen-bond acceptors (Lipinski definition) is 3. The summed E-state index contributed by atoms with van der Waals surface area (Å²) in [4.78, 5) is 3.05. The number of sulfonamides is 1. The van der Waals surface area contributed by atoms with Crippen LogP contribution in [0, 0.1) is 0 Å². The summed E-state index contributed by atoms with van der Waals surface area (Å²) < 4.78 is 46.3. The highest BCUT2D eigenvalue weighted by Gasteiger charge is 2.21. The fourth-order valence-electron chi connectivity index (χ4n) is 0.815. The standard InChI is InChI=1S/C6H4Br2F2N2O2S/c7-2-1-3(15(11,13)14)5(8)12-4(2)6(9)10/h1,6H,(H2,11,13,14). The molecule has 0 saturated heterocycles. The van der Waals surface area contributed by atoms with Crippen LogP contribution in [0.2, 0.25) is 0 Å². The van der Waals surface area contributed by atoms with Gasteiger partial charge in [0.25, 0.3) is 6.43 Å². The van der Waals surface area contributed by atoms with E-state index in [-0.39, 0.29) is 14.0 Å². The molecular weight excluding hydrogens is 362 g/mol. The van der Waals surface area contributed by atoms with E-state index in [2.05, 4.69) is 36.8 Å². The van der Waals surface area contributed by atoms with Gasteiger partial charge in [0.1, 0.15) is 15.2 Å². The van der Waals surface area contributed by atoms with Crippen molar-refractivity contribution < 1.29 is 17.2 Å². The van der Waals surface area contributed by atoms with Gasteiger partial charge in [-0.05, 0) is 37.9 Å². The zero-order chi connectivity index (χ0) is 11.8. The number of hydrogen-bond donors (Lipinski definition) is 1. The molecule has 0 aliphatic heterocycles. The van der Waals surface area contributed by atoms with Crippen molar-refractivity contribution >= 4 is 41.9 Å². The Kier molecular flexibility index (Phi) is 3.80. The monoisotopic (exact) mass is 364 g/mol. The molecule has 0 atom stereocenters. The fourth-order valence-corrected chi connectivity index (χ4v) is 3.00. The molecule has 0 aliphatic rings. The summed E-state index contributed by atoms with van der Waals surface area (Å²) in [5.74, 6) is 0. The number of alkyl halides is 2. The van der Waals surface area contributed by atoms with Crippen LogP contribution in [0.5, 0.6) is 0 Å². The van der Waals surface area contributed by atoms with Gasteiger partial charge in [0, 0.05) is 4.47 Å². The first-order valence-corrected chi connectivity index (χ1v) is 6.53. The van der Waals surface area contributed by atoms with Crippen LogP contribution in [0.25, 0.3) is 0 Å². The number of primary sulfonamides is 1. The second kappa shape index (κ2) is 4.40. The molecule has 2 N–H and O–H groups in total. The Morgan fingerprint density at radius 2 is 1.93 bits per heavy atom. The number of pyridine rings is 1. The molecule has 84 valence electrons. The van der Waals surface area contributed by atoms with E-state index in [4.69, 9.17) is 5.14 Å². The smallest absolute Gasteiger partial charge is 0.237 e. The topological polar surface area (TPSA) is 73.1 Å². The van der Waals surface area contributed by atoms with Gasteiger partial charge in [-0.15, -0.1) is 0 Å². The second-order valence-electron chi connectivity index (χ2n) is 2.49. The largest absolute Gasteiger partial charge is 0.281 e. The highest BCUT2D eigenvalue weighted by atomic mass is 79.9. The van der Waals surface area contributed by atoms with Gasteiger partial charge in [0.05, 0.1) is 0 Å². The Morgan fingerprint density at radius 3 is 2.33 bits per heavy atom. The zero-order valence-electron chi connectivity index (χ0n) is 6.92. The second-order valence-corrected chi connectivity index (χ2v) is 5.63. The minimum absolute atomic E-state index is 0.107. The quantitative estimate of drug-likeness (QED) is 0.816. The molecule has 1 heterocycles. The summed E-state index contributed by atoms with van der Waals surface area (Å²) in [5.41, 5.74) is -0.547. The molecule has 0 radical (unpaired) electrons. The molecule has 15 heavy (non-hydrogen) atoms. The molecule has 0 unspecified atom stereocenters. The summed E-state index contributed by atoms with van der Waals surface area (Å²) in [6.45, 7) is 0. The average Bonchev–Trinajstić information content (AvgIpc) is 2.06. The first-order valence-electron chi connectivity index (χ1n) is 3.40. The Morgan fingerprint density at radius 1 is 1.40 bits per heavy atom. The number of nitrogens with two attached hydrogens (primary N) is 1. The van der Waals surface area contributed by atoms with Crippen molar-refractivity contribution in [3.63, 3.8) is 0 Å². The maximum atomic E-state index is 12.3. The number of aromatic nitrogens is 1. The Labute approximate surface area is 101 Å². The first kappa shape index (κ1) is 12.9. The third-order valence-electron chi connectivity index (χ3n) is 1.44. The van der Waals surface area contributed by atoms with Crippen LogP contribution in [0.4, 0.5) is 8.78 Å². The van der Waals surface area contributed by atoms with Crippen LogP contribution < -0.4 is 5.14 Å². The van der Waals surface area contributed by atoms with E-state index in [1.165, 1.54) is 0 Å². The first-order chi connectivity index (χ1) is 6.73. The summed E-state index contributed by atoms with van der Waals surface area (Å²) in [6.07, 6.45) is -2.80. The number of rotatable bonds is 2. The normalized spacial score (nSPS) is 12.1. The van der Waals surface area contributed by atoms with Crippen molar-refractivity contribution in [3.05, 3.63) is 20.8 Å². The van der Waals surface area contributed by atoms with Crippen molar-refractivity contribution in [2.45, 2.75) is 11.3 Å². The SMILES string of the molecule is NS(=O)(=O)c1cc(Br)c(C(F)F)nc1Br. The van der Waals surface area contributed by atoms with Crippen LogP contribution >= 0.6 is 31.9 Å². The molecule has 0 spiro atoms. The molecule has 0 aromatic carbocycles. The lowest BCUT2D eigenvalue weighted by atomic mass is 10.4. The minimum atomic E-state index is -3.98. The van der Waals surface area contributed by atoms with E-state index in [1.807, 2.05) is 0 Å². The fraction of sp³-hybridized carbons (Fsp3) is 0.167. The summed E-state index contributed by atoms with van der Waals surface area (Å²) in [5, 5.41) is 4.85. The van der Waals surface area contributed by atoms with E-state index < -0.39 is 22.1 Å². The lowest BCUT2D eigenvalue weighted by Crippen LogP contribution is -2.14. The van der Waals surface area contributed by atoms with E-state index in [1.54, 1.807) is 0 Å². The van der Waals surface area contributed by atoms with Gasteiger partial charge >= 0.3 is 0 Å². The van der Waals surface area contributed by atoms with E-state index in [9.17, 15) is 17.2 Å². The molecule has 1 rings (SSSR count). The molecular formula is C6H4Br2F2N2O2S.